The molecule has 1 aliphatic rings. The van der Waals surface area contributed by atoms with Gasteiger partial charge in [-0.2, -0.15) is 13.2 Å². The molecule has 2 rings (SSSR count). The van der Waals surface area contributed by atoms with Crippen molar-refractivity contribution in [1.29, 1.82) is 0 Å². The number of carbonyl (C=O) groups excluding carboxylic acids is 1. The summed E-state index contributed by atoms with van der Waals surface area (Å²) in [5.74, 6) is 3.41. The van der Waals surface area contributed by atoms with Gasteiger partial charge >= 0.3 is 12.1 Å². The van der Waals surface area contributed by atoms with Gasteiger partial charge < -0.3 is 14.6 Å². The van der Waals surface area contributed by atoms with Gasteiger partial charge in [0, 0.05) is 11.8 Å². The van der Waals surface area contributed by atoms with Gasteiger partial charge in [-0.3, -0.25) is 4.79 Å². The lowest BCUT2D eigenvalue weighted by Gasteiger charge is -2.29. The average molecular weight is 385 g/mol. The largest absolute Gasteiger partial charge is 0.474 e. The second-order valence-electron chi connectivity index (χ2n) is 6.62. The molecule has 1 fully saturated rings. The Morgan fingerprint density at radius 1 is 1.41 bits per heavy atom. The molecule has 1 saturated carbocycles. The number of pyridine rings is 1. The van der Waals surface area contributed by atoms with Gasteiger partial charge in [-0.15, -0.1) is 0 Å². The summed E-state index contributed by atoms with van der Waals surface area (Å²) < 4.78 is 50.8. The van der Waals surface area contributed by atoms with E-state index in [1.807, 2.05) is 0 Å². The highest BCUT2D eigenvalue weighted by Gasteiger charge is 2.37. The van der Waals surface area contributed by atoms with Gasteiger partial charge in [-0.05, 0) is 45.6 Å². The number of hydrogen-bond donors (Lipinski definition) is 1. The first-order valence-electron chi connectivity index (χ1n) is 8.74. The molecular formula is C19H22F3NO4. The smallest absolute Gasteiger partial charge is 0.421 e. The third-order valence-electron chi connectivity index (χ3n) is 4.06. The van der Waals surface area contributed by atoms with Crippen LogP contribution in [0.25, 0.3) is 0 Å². The predicted molar refractivity (Wildman–Crippen MR) is 90.8 cm³/mol. The Morgan fingerprint density at radius 2 is 2.15 bits per heavy atom. The minimum absolute atomic E-state index is 0.0331. The molecule has 1 N–H and O–H groups in total. The topological polar surface area (TPSA) is 68.7 Å². The van der Waals surface area contributed by atoms with E-state index in [1.54, 1.807) is 13.8 Å². The normalized spacial score (nSPS) is 20.0. The molecule has 0 radical (unpaired) electrons. The van der Waals surface area contributed by atoms with Crippen LogP contribution in [0, 0.1) is 17.8 Å². The van der Waals surface area contributed by atoms with Crippen LogP contribution in [0.2, 0.25) is 0 Å². The highest BCUT2D eigenvalue weighted by Crippen LogP contribution is 2.37. The van der Waals surface area contributed by atoms with E-state index in [1.165, 1.54) is 6.20 Å². The summed E-state index contributed by atoms with van der Waals surface area (Å²) in [7, 11) is 0. The summed E-state index contributed by atoms with van der Waals surface area (Å²) in [5, 5.41) is 8.67. The highest BCUT2D eigenvalue weighted by molar-refractivity contribution is 5.72. The molecule has 0 unspecified atom stereocenters. The van der Waals surface area contributed by atoms with Crippen molar-refractivity contribution in [3.63, 3.8) is 0 Å². The number of hydrogen-bond acceptors (Lipinski definition) is 5. The molecule has 5 nitrogen and oxygen atoms in total. The van der Waals surface area contributed by atoms with Gasteiger partial charge in [0.05, 0.1) is 12.0 Å². The second kappa shape index (κ2) is 9.09. The van der Waals surface area contributed by atoms with Crippen LogP contribution in [-0.2, 0) is 15.7 Å². The molecule has 1 aromatic heterocycles. The third-order valence-corrected chi connectivity index (χ3v) is 4.06. The molecular weight excluding hydrogens is 363 g/mol. The minimum atomic E-state index is -4.66. The van der Waals surface area contributed by atoms with E-state index in [2.05, 4.69) is 16.8 Å². The molecule has 0 bridgehead atoms. The van der Waals surface area contributed by atoms with Crippen LogP contribution >= 0.6 is 0 Å². The van der Waals surface area contributed by atoms with Crippen molar-refractivity contribution in [2.45, 2.75) is 57.9 Å². The van der Waals surface area contributed by atoms with Gasteiger partial charge in [0.15, 0.2) is 0 Å². The van der Waals surface area contributed by atoms with Crippen molar-refractivity contribution in [2.24, 2.45) is 5.92 Å². The maximum Gasteiger partial charge on any atom is 0.421 e. The summed E-state index contributed by atoms with van der Waals surface area (Å²) in [6.07, 6.45) is -2.18. The Balaban J connectivity index is 2.17. The van der Waals surface area contributed by atoms with E-state index in [-0.39, 0.29) is 24.1 Å². The van der Waals surface area contributed by atoms with Gasteiger partial charge in [-0.1, -0.05) is 11.8 Å². The summed E-state index contributed by atoms with van der Waals surface area (Å²) in [4.78, 5) is 15.8. The van der Waals surface area contributed by atoms with Crippen LogP contribution in [0.1, 0.15) is 50.7 Å². The standard InChI is InChI=1S/C19H22F3NO4/c1-12(2)26-18(25)14-6-3-7-15(10-14)27-17-16(19(20,21)22)9-13(11-23-17)5-4-8-24/h9,11-12,14-15,24H,3,6-8,10H2,1-2H3/t14-,15-/m0/s1. The fraction of sp³-hybridized carbons (Fsp3) is 0.579. The second-order valence-corrected chi connectivity index (χ2v) is 6.62. The number of aliphatic hydroxyl groups excluding tert-OH is 1. The fourth-order valence-corrected chi connectivity index (χ4v) is 2.91. The Hall–Kier alpha value is -2.27. The molecule has 2 atom stereocenters. The zero-order valence-corrected chi connectivity index (χ0v) is 15.2. The SMILES string of the molecule is CC(C)OC(=O)[C@H]1CCC[C@H](Oc2ncc(C#CCO)cc2C(F)(F)F)C1. The summed E-state index contributed by atoms with van der Waals surface area (Å²) in [5.41, 5.74) is -0.995. The van der Waals surface area contributed by atoms with E-state index in [0.717, 1.165) is 6.07 Å². The number of aliphatic hydroxyl groups is 1. The zero-order chi connectivity index (χ0) is 20.0. The van der Waals surface area contributed by atoms with E-state index < -0.39 is 36.2 Å². The van der Waals surface area contributed by atoms with Crippen molar-refractivity contribution in [1.82, 2.24) is 4.98 Å². The van der Waals surface area contributed by atoms with Crippen molar-refractivity contribution in [2.75, 3.05) is 6.61 Å². The van der Waals surface area contributed by atoms with Crippen LogP contribution < -0.4 is 4.74 Å². The quantitative estimate of drug-likeness (QED) is 0.636. The number of esters is 1. The monoisotopic (exact) mass is 385 g/mol. The fourth-order valence-electron chi connectivity index (χ4n) is 2.91. The Labute approximate surface area is 155 Å². The molecule has 0 amide bonds. The third kappa shape index (κ3) is 6.14. The molecule has 1 aromatic rings. The number of aromatic nitrogens is 1. The lowest BCUT2D eigenvalue weighted by Crippen LogP contribution is -2.32. The van der Waals surface area contributed by atoms with Gasteiger partial charge in [0.25, 0.3) is 0 Å². The van der Waals surface area contributed by atoms with Crippen LogP contribution in [-0.4, -0.2) is 34.9 Å². The molecule has 1 heterocycles. The summed E-state index contributed by atoms with van der Waals surface area (Å²) >= 11 is 0. The number of carbonyl (C=O) groups is 1. The molecule has 8 heteroatoms. The summed E-state index contributed by atoms with van der Waals surface area (Å²) in [6, 6.07) is 0.846. The van der Waals surface area contributed by atoms with Crippen molar-refractivity contribution in [3.05, 3.63) is 23.4 Å². The van der Waals surface area contributed by atoms with Gasteiger partial charge in [0.2, 0.25) is 5.88 Å². The zero-order valence-electron chi connectivity index (χ0n) is 15.2. The van der Waals surface area contributed by atoms with Crippen molar-refractivity contribution in [3.8, 4) is 17.7 Å². The maximum atomic E-state index is 13.4. The summed E-state index contributed by atoms with van der Waals surface area (Å²) in [6.45, 7) is 3.03. The van der Waals surface area contributed by atoms with Crippen molar-refractivity contribution >= 4 is 5.97 Å². The number of halogens is 3. The predicted octanol–water partition coefficient (Wildman–Crippen LogP) is 3.33. The van der Waals surface area contributed by atoms with Crippen LogP contribution in [0.15, 0.2) is 12.3 Å². The van der Waals surface area contributed by atoms with E-state index in [4.69, 9.17) is 14.6 Å². The lowest BCUT2D eigenvalue weighted by molar-refractivity contribution is -0.155. The minimum Gasteiger partial charge on any atom is -0.474 e. The molecule has 0 aromatic carbocycles. The Kier molecular flexibility index (Phi) is 7.08. The van der Waals surface area contributed by atoms with Crippen LogP contribution in [0.3, 0.4) is 0 Å². The Morgan fingerprint density at radius 3 is 2.78 bits per heavy atom. The number of ether oxygens (including phenoxy) is 2. The molecule has 0 spiro atoms. The van der Waals surface area contributed by atoms with E-state index >= 15 is 0 Å². The average Bonchev–Trinajstić information content (AvgIpc) is 2.59. The first kappa shape index (κ1) is 21.0. The van der Waals surface area contributed by atoms with Gasteiger partial charge in [-0.25, -0.2) is 4.98 Å². The molecule has 0 saturated heterocycles. The molecule has 27 heavy (non-hydrogen) atoms. The van der Waals surface area contributed by atoms with Crippen LogP contribution in [0.4, 0.5) is 13.2 Å². The van der Waals surface area contributed by atoms with E-state index in [0.29, 0.717) is 19.3 Å². The molecule has 0 aliphatic heterocycles. The first-order chi connectivity index (χ1) is 12.7. The highest BCUT2D eigenvalue weighted by atomic mass is 19.4. The molecule has 1 aliphatic carbocycles. The number of nitrogens with zero attached hydrogens (tertiary/aromatic N) is 1. The van der Waals surface area contributed by atoms with Crippen molar-refractivity contribution < 1.29 is 32.5 Å². The number of alkyl halides is 3. The Bertz CT molecular complexity index is 722. The maximum absolute atomic E-state index is 13.4. The first-order valence-corrected chi connectivity index (χ1v) is 8.74. The van der Waals surface area contributed by atoms with E-state index in [9.17, 15) is 18.0 Å². The number of rotatable bonds is 4. The van der Waals surface area contributed by atoms with Gasteiger partial charge in [0.1, 0.15) is 18.3 Å². The lowest BCUT2D eigenvalue weighted by atomic mass is 9.87. The molecule has 148 valence electrons. The van der Waals surface area contributed by atoms with Crippen LogP contribution in [0.5, 0.6) is 5.88 Å².